The summed E-state index contributed by atoms with van der Waals surface area (Å²) in [4.78, 5) is 51.0. The maximum atomic E-state index is 13.3. The molecule has 34 heavy (non-hydrogen) atoms. The van der Waals surface area contributed by atoms with E-state index in [1.54, 1.807) is 30.3 Å². The molecule has 1 saturated carbocycles. The summed E-state index contributed by atoms with van der Waals surface area (Å²) in [5.74, 6) is -1.27. The second kappa shape index (κ2) is 8.17. The van der Waals surface area contributed by atoms with Crippen molar-refractivity contribution in [1.82, 2.24) is 9.47 Å². The molecule has 2 heterocycles. The molecule has 0 unspecified atom stereocenters. The lowest BCUT2D eigenvalue weighted by Crippen LogP contribution is -2.47. The monoisotopic (exact) mass is 525 g/mol. The zero-order valence-corrected chi connectivity index (χ0v) is 19.3. The molecule has 10 nitrogen and oxygen atoms in total. The Morgan fingerprint density at radius 3 is 2.56 bits per heavy atom. The van der Waals surface area contributed by atoms with E-state index in [1.807, 2.05) is 0 Å². The van der Waals surface area contributed by atoms with Gasteiger partial charge in [0.05, 0.1) is 16.8 Å². The highest BCUT2D eigenvalue weighted by molar-refractivity contribution is 9.10. The summed E-state index contributed by atoms with van der Waals surface area (Å²) < 4.78 is 1.77. The van der Waals surface area contributed by atoms with Gasteiger partial charge in [-0.25, -0.2) is 14.4 Å². The number of rotatable bonds is 4. The van der Waals surface area contributed by atoms with Crippen LogP contribution in [0.2, 0.25) is 0 Å². The average Bonchev–Trinajstić information content (AvgIpc) is 3.29. The van der Waals surface area contributed by atoms with Gasteiger partial charge >= 0.3 is 18.0 Å². The third-order valence-electron chi connectivity index (χ3n) is 6.24. The number of likely N-dealkylation sites (tertiary alicyclic amines) is 1. The van der Waals surface area contributed by atoms with E-state index in [1.165, 1.54) is 27.8 Å². The number of para-hydroxylation sites is 1. The van der Waals surface area contributed by atoms with Crippen molar-refractivity contribution in [3.05, 3.63) is 58.7 Å². The van der Waals surface area contributed by atoms with Gasteiger partial charge in [-0.15, -0.1) is 0 Å². The lowest BCUT2D eigenvalue weighted by Gasteiger charge is -2.27. The van der Waals surface area contributed by atoms with E-state index in [0.717, 1.165) is 6.42 Å². The first-order chi connectivity index (χ1) is 16.2. The third-order valence-corrected chi connectivity index (χ3v) is 6.70. The smallest absolute Gasteiger partial charge is 0.335 e. The molecule has 5 rings (SSSR count). The van der Waals surface area contributed by atoms with Gasteiger partial charge in [0, 0.05) is 27.8 Å². The number of aromatic nitrogens is 1. The Labute approximate surface area is 201 Å². The van der Waals surface area contributed by atoms with Crippen LogP contribution in [0.1, 0.15) is 23.2 Å². The second-order valence-electron chi connectivity index (χ2n) is 8.44. The number of aromatic carboxylic acids is 1. The molecule has 3 atom stereocenters. The number of carboxylic acid groups (broad SMARTS) is 1. The summed E-state index contributed by atoms with van der Waals surface area (Å²) >= 11 is 3.25. The molecule has 1 aliphatic heterocycles. The zero-order chi connectivity index (χ0) is 24.1. The number of nitrogens with two attached hydrogens (primary N) is 1. The van der Waals surface area contributed by atoms with Gasteiger partial charge in [-0.2, -0.15) is 0 Å². The lowest BCUT2D eigenvalue weighted by atomic mass is 10.1. The first kappa shape index (κ1) is 22.0. The van der Waals surface area contributed by atoms with Crippen LogP contribution in [0.15, 0.2) is 53.1 Å². The molecule has 1 aliphatic carbocycles. The molecule has 4 amide bonds. The third kappa shape index (κ3) is 3.87. The number of piperidine rings is 1. The van der Waals surface area contributed by atoms with Gasteiger partial charge in [0.1, 0.15) is 6.04 Å². The van der Waals surface area contributed by atoms with Crippen molar-refractivity contribution in [3.63, 3.8) is 0 Å². The number of benzene rings is 2. The molecule has 0 radical (unpaired) electrons. The molecule has 0 bridgehead atoms. The number of carbonyl (C=O) groups excluding carboxylic acids is 3. The van der Waals surface area contributed by atoms with Crippen molar-refractivity contribution in [2.24, 2.45) is 11.7 Å². The number of fused-ring (bicyclic) bond motifs is 2. The van der Waals surface area contributed by atoms with Crippen molar-refractivity contribution < 1.29 is 24.3 Å². The minimum absolute atomic E-state index is 0.0272. The number of hydrogen-bond acceptors (Lipinski definition) is 4. The Bertz CT molecular complexity index is 1370. The summed E-state index contributed by atoms with van der Waals surface area (Å²) in [7, 11) is 0. The molecule has 0 spiro atoms. The van der Waals surface area contributed by atoms with Gasteiger partial charge in [-0.05, 0) is 43.0 Å². The fourth-order valence-electron chi connectivity index (χ4n) is 4.63. The number of carboxylic acids is 1. The summed E-state index contributed by atoms with van der Waals surface area (Å²) in [5.41, 5.74) is 6.79. The van der Waals surface area contributed by atoms with Crippen LogP contribution in [-0.2, 0) is 4.79 Å². The number of carbonyl (C=O) groups is 4. The Hall–Kier alpha value is -3.86. The summed E-state index contributed by atoms with van der Waals surface area (Å²) in [6, 6.07) is 9.57. The quantitative estimate of drug-likeness (QED) is 0.410. The van der Waals surface area contributed by atoms with E-state index >= 15 is 0 Å². The van der Waals surface area contributed by atoms with E-state index in [2.05, 4.69) is 26.6 Å². The van der Waals surface area contributed by atoms with E-state index in [4.69, 9.17) is 5.73 Å². The van der Waals surface area contributed by atoms with Crippen LogP contribution in [0.5, 0.6) is 0 Å². The Morgan fingerprint density at radius 2 is 1.82 bits per heavy atom. The van der Waals surface area contributed by atoms with E-state index in [9.17, 15) is 24.3 Å². The second-order valence-corrected chi connectivity index (χ2v) is 9.36. The van der Waals surface area contributed by atoms with Gasteiger partial charge in [0.25, 0.3) is 0 Å². The van der Waals surface area contributed by atoms with Crippen LogP contribution in [0, 0.1) is 5.92 Å². The molecule has 1 saturated heterocycles. The number of anilines is 2. The van der Waals surface area contributed by atoms with Crippen molar-refractivity contribution in [3.8, 4) is 0 Å². The van der Waals surface area contributed by atoms with E-state index in [0.29, 0.717) is 33.2 Å². The fraction of sp³-hybridized carbons (Fsp3) is 0.217. The topological polar surface area (TPSA) is 147 Å². The molecule has 2 aromatic carbocycles. The van der Waals surface area contributed by atoms with Crippen LogP contribution in [0.4, 0.5) is 21.0 Å². The largest absolute Gasteiger partial charge is 0.478 e. The predicted octanol–water partition coefficient (Wildman–Crippen LogP) is 3.66. The van der Waals surface area contributed by atoms with Gasteiger partial charge in [0.2, 0.25) is 5.91 Å². The normalized spacial score (nSPS) is 20.6. The number of nitrogens with zero attached hydrogens (tertiary/aromatic N) is 2. The van der Waals surface area contributed by atoms with E-state index < -0.39 is 30.0 Å². The van der Waals surface area contributed by atoms with Gasteiger partial charge in [-0.1, -0.05) is 34.1 Å². The minimum Gasteiger partial charge on any atom is -0.478 e. The molecule has 5 N–H and O–H groups in total. The predicted molar refractivity (Wildman–Crippen MR) is 128 cm³/mol. The number of nitrogens with one attached hydrogen (secondary N) is 2. The highest BCUT2D eigenvalue weighted by atomic mass is 79.9. The fourth-order valence-corrected chi connectivity index (χ4v) is 5.13. The molecule has 174 valence electrons. The zero-order valence-electron chi connectivity index (χ0n) is 17.7. The molecule has 3 aromatic rings. The van der Waals surface area contributed by atoms with Crippen molar-refractivity contribution in [1.29, 1.82) is 0 Å². The SMILES string of the molecule is NC(=O)n1cc(NC(=O)N2[C@@H]3C[C@@H]3C[C@H]2C(=O)Nc2cc(Br)cc(C(=O)O)c2)c2ccccc21. The van der Waals surface area contributed by atoms with E-state index in [-0.39, 0.29) is 17.5 Å². The summed E-state index contributed by atoms with van der Waals surface area (Å²) in [5, 5.41) is 15.5. The Morgan fingerprint density at radius 1 is 1.06 bits per heavy atom. The van der Waals surface area contributed by atoms with Crippen LogP contribution in [0.25, 0.3) is 10.9 Å². The standard InChI is InChI=1S/C23H20BrN5O5/c24-13-5-12(21(31)32)6-14(9-13)26-20(30)19-8-11-7-18(11)29(19)23(34)27-16-10-28(22(25)33)17-4-2-1-3-15(16)17/h1-6,9-11,18-19H,7-8H2,(H2,25,33)(H,26,30)(H,27,34)(H,31,32)/t11-,18-,19+/m1/s1. The number of halogens is 1. The molecule has 1 aromatic heterocycles. The number of primary amides is 1. The summed E-state index contributed by atoms with van der Waals surface area (Å²) in [6.07, 6.45) is 2.81. The van der Waals surface area contributed by atoms with Crippen LogP contribution < -0.4 is 16.4 Å². The van der Waals surface area contributed by atoms with Gasteiger partial charge in [-0.3, -0.25) is 9.36 Å². The van der Waals surface area contributed by atoms with Crippen LogP contribution >= 0.6 is 15.9 Å². The highest BCUT2D eigenvalue weighted by Gasteiger charge is 2.56. The van der Waals surface area contributed by atoms with Crippen LogP contribution in [-0.4, -0.2) is 50.6 Å². The number of amides is 4. The first-order valence-electron chi connectivity index (χ1n) is 10.6. The maximum absolute atomic E-state index is 13.3. The summed E-state index contributed by atoms with van der Waals surface area (Å²) in [6.45, 7) is 0. The molecule has 11 heteroatoms. The van der Waals surface area contributed by atoms with Crippen molar-refractivity contribution in [2.45, 2.75) is 24.9 Å². The Balaban J connectivity index is 1.37. The van der Waals surface area contributed by atoms with Crippen molar-refractivity contribution in [2.75, 3.05) is 10.6 Å². The molecule has 2 aliphatic rings. The Kier molecular flexibility index (Phi) is 5.28. The minimum atomic E-state index is -1.12. The molecular formula is C23H20BrN5O5. The average molecular weight is 526 g/mol. The molecule has 2 fully saturated rings. The number of urea groups is 1. The number of hydrogen-bond donors (Lipinski definition) is 4. The van der Waals surface area contributed by atoms with Crippen LogP contribution in [0.3, 0.4) is 0 Å². The highest BCUT2D eigenvalue weighted by Crippen LogP contribution is 2.48. The van der Waals surface area contributed by atoms with Crippen molar-refractivity contribution >= 4 is 62.1 Å². The maximum Gasteiger partial charge on any atom is 0.335 e. The first-order valence-corrected chi connectivity index (χ1v) is 11.4. The van der Waals surface area contributed by atoms with Gasteiger partial charge < -0.3 is 26.4 Å². The van der Waals surface area contributed by atoms with Gasteiger partial charge in [0.15, 0.2) is 0 Å². The lowest BCUT2D eigenvalue weighted by molar-refractivity contribution is -0.120. The molecular weight excluding hydrogens is 506 g/mol.